The lowest BCUT2D eigenvalue weighted by molar-refractivity contribution is -0.140. The van der Waals surface area contributed by atoms with Gasteiger partial charge in [0.2, 0.25) is 11.8 Å². The van der Waals surface area contributed by atoms with E-state index < -0.39 is 0 Å². The average molecular weight is 372 g/mol. The first-order chi connectivity index (χ1) is 13.0. The van der Waals surface area contributed by atoms with Gasteiger partial charge in [0, 0.05) is 37.3 Å². The third-order valence-corrected chi connectivity index (χ3v) is 5.91. The summed E-state index contributed by atoms with van der Waals surface area (Å²) in [6, 6.07) is 5.85. The maximum Gasteiger partial charge on any atom is 0.228 e. The Morgan fingerprint density at radius 1 is 1.15 bits per heavy atom. The van der Waals surface area contributed by atoms with Gasteiger partial charge in [-0.25, -0.2) is 0 Å². The number of carbonyl (C=O) groups is 2. The molecule has 27 heavy (non-hydrogen) atoms. The number of hydrogen-bond acceptors (Lipinski definition) is 4. The number of hydrogen-bond donors (Lipinski definition) is 0. The number of fused-ring (bicyclic) bond motifs is 1. The Morgan fingerprint density at radius 3 is 2.70 bits per heavy atom. The normalized spacial score (nSPS) is 25.2. The zero-order valence-electron chi connectivity index (χ0n) is 16.1. The Balaban J connectivity index is 1.49. The molecular formula is C21H28N2O4. The summed E-state index contributed by atoms with van der Waals surface area (Å²) in [6.45, 7) is 6.67. The molecule has 0 aromatic heterocycles. The lowest BCUT2D eigenvalue weighted by atomic mass is 9.91. The van der Waals surface area contributed by atoms with Crippen molar-refractivity contribution in [3.8, 4) is 11.5 Å². The van der Waals surface area contributed by atoms with Crippen molar-refractivity contribution in [2.75, 3.05) is 31.2 Å². The van der Waals surface area contributed by atoms with Gasteiger partial charge in [-0.15, -0.1) is 0 Å². The van der Waals surface area contributed by atoms with Crippen LogP contribution in [0.5, 0.6) is 11.5 Å². The molecule has 2 unspecified atom stereocenters. The van der Waals surface area contributed by atoms with E-state index in [-0.39, 0.29) is 24.2 Å². The van der Waals surface area contributed by atoms with E-state index in [1.807, 2.05) is 23.1 Å². The second-order valence-electron chi connectivity index (χ2n) is 8.07. The lowest BCUT2D eigenvalue weighted by Gasteiger charge is -2.39. The van der Waals surface area contributed by atoms with Crippen LogP contribution in [0.25, 0.3) is 0 Å². The fourth-order valence-electron chi connectivity index (χ4n) is 4.48. The van der Waals surface area contributed by atoms with Crippen molar-refractivity contribution in [1.82, 2.24) is 4.90 Å². The van der Waals surface area contributed by atoms with Crippen molar-refractivity contribution in [3.63, 3.8) is 0 Å². The molecule has 3 aliphatic heterocycles. The first kappa shape index (κ1) is 18.1. The van der Waals surface area contributed by atoms with E-state index in [0.29, 0.717) is 43.2 Å². The highest BCUT2D eigenvalue weighted by Gasteiger charge is 2.40. The standard InChI is InChI=1S/C21H28N2O4/c1-14(2)17-5-3-4-8-22(17)21(25)15-11-20(24)23(13-15)16-6-7-18-19(12-16)27-10-9-26-18/h6-7,12,14-15,17H,3-5,8-11,13H2,1-2H3. The Morgan fingerprint density at radius 2 is 1.93 bits per heavy atom. The highest BCUT2D eigenvalue weighted by molar-refractivity contribution is 6.00. The molecule has 1 aromatic carbocycles. The largest absolute Gasteiger partial charge is 0.486 e. The predicted molar refractivity (Wildman–Crippen MR) is 102 cm³/mol. The van der Waals surface area contributed by atoms with Crippen molar-refractivity contribution in [2.24, 2.45) is 11.8 Å². The summed E-state index contributed by atoms with van der Waals surface area (Å²) >= 11 is 0. The van der Waals surface area contributed by atoms with Crippen LogP contribution in [0, 0.1) is 11.8 Å². The van der Waals surface area contributed by atoms with Crippen molar-refractivity contribution < 1.29 is 19.1 Å². The molecule has 0 aliphatic carbocycles. The fourth-order valence-corrected chi connectivity index (χ4v) is 4.48. The van der Waals surface area contributed by atoms with Gasteiger partial charge >= 0.3 is 0 Å². The first-order valence-corrected chi connectivity index (χ1v) is 10.0. The van der Waals surface area contributed by atoms with Crippen LogP contribution in [0.15, 0.2) is 18.2 Å². The van der Waals surface area contributed by atoms with E-state index in [4.69, 9.17) is 9.47 Å². The van der Waals surface area contributed by atoms with Gasteiger partial charge < -0.3 is 19.3 Å². The third-order valence-electron chi connectivity index (χ3n) is 5.91. The minimum atomic E-state index is -0.259. The number of likely N-dealkylation sites (tertiary alicyclic amines) is 1. The maximum atomic E-state index is 13.2. The van der Waals surface area contributed by atoms with Gasteiger partial charge in [0.15, 0.2) is 11.5 Å². The Bertz CT molecular complexity index is 733. The number of benzene rings is 1. The van der Waals surface area contributed by atoms with Gasteiger partial charge in [0.25, 0.3) is 0 Å². The number of nitrogens with zero attached hydrogens (tertiary/aromatic N) is 2. The van der Waals surface area contributed by atoms with E-state index in [0.717, 1.165) is 25.1 Å². The van der Waals surface area contributed by atoms with E-state index >= 15 is 0 Å². The minimum absolute atomic E-state index is 0.00290. The molecular weight excluding hydrogens is 344 g/mol. The SMILES string of the molecule is CC(C)C1CCCCN1C(=O)C1CC(=O)N(c2ccc3c(c2)OCCO3)C1. The van der Waals surface area contributed by atoms with Crippen molar-refractivity contribution in [3.05, 3.63) is 18.2 Å². The summed E-state index contributed by atoms with van der Waals surface area (Å²) in [5.41, 5.74) is 0.776. The van der Waals surface area contributed by atoms with Crippen LogP contribution < -0.4 is 14.4 Å². The quantitative estimate of drug-likeness (QED) is 0.819. The summed E-state index contributed by atoms with van der Waals surface area (Å²) in [4.78, 5) is 29.6. The van der Waals surface area contributed by atoms with E-state index in [2.05, 4.69) is 13.8 Å². The zero-order chi connectivity index (χ0) is 19.0. The molecule has 0 radical (unpaired) electrons. The van der Waals surface area contributed by atoms with Crippen LogP contribution in [-0.4, -0.2) is 49.1 Å². The van der Waals surface area contributed by atoms with Crippen LogP contribution in [0.2, 0.25) is 0 Å². The molecule has 4 rings (SSSR count). The number of rotatable bonds is 3. The molecule has 3 heterocycles. The molecule has 0 bridgehead atoms. The summed E-state index contributed by atoms with van der Waals surface area (Å²) in [5.74, 6) is 1.70. The molecule has 3 aliphatic rings. The minimum Gasteiger partial charge on any atom is -0.486 e. The molecule has 146 valence electrons. The van der Waals surface area contributed by atoms with Crippen LogP contribution in [-0.2, 0) is 9.59 Å². The summed E-state index contributed by atoms with van der Waals surface area (Å²) in [5, 5.41) is 0. The van der Waals surface area contributed by atoms with Crippen LogP contribution >= 0.6 is 0 Å². The zero-order valence-corrected chi connectivity index (χ0v) is 16.1. The number of amides is 2. The second-order valence-corrected chi connectivity index (χ2v) is 8.07. The first-order valence-electron chi connectivity index (χ1n) is 10.0. The lowest BCUT2D eigenvalue weighted by Crippen LogP contribution is -2.49. The smallest absolute Gasteiger partial charge is 0.228 e. The Hall–Kier alpha value is -2.24. The molecule has 0 N–H and O–H groups in total. The van der Waals surface area contributed by atoms with E-state index in [1.54, 1.807) is 4.90 Å². The van der Waals surface area contributed by atoms with Crippen molar-refractivity contribution in [1.29, 1.82) is 0 Å². The van der Waals surface area contributed by atoms with Gasteiger partial charge in [-0.3, -0.25) is 9.59 Å². The monoisotopic (exact) mass is 372 g/mol. The molecule has 2 atom stereocenters. The van der Waals surface area contributed by atoms with Crippen LogP contribution in [0.3, 0.4) is 0 Å². The number of piperidine rings is 1. The average Bonchev–Trinajstić information content (AvgIpc) is 3.08. The second kappa shape index (κ2) is 7.41. The molecule has 2 amide bonds. The Labute approximate surface area is 160 Å². The van der Waals surface area contributed by atoms with Crippen molar-refractivity contribution >= 4 is 17.5 Å². The molecule has 0 saturated carbocycles. The molecule has 6 heteroatoms. The van der Waals surface area contributed by atoms with Crippen LogP contribution in [0.1, 0.15) is 39.5 Å². The van der Waals surface area contributed by atoms with E-state index in [9.17, 15) is 9.59 Å². The van der Waals surface area contributed by atoms with Gasteiger partial charge in [-0.1, -0.05) is 13.8 Å². The number of carbonyl (C=O) groups excluding carboxylic acids is 2. The number of ether oxygens (including phenoxy) is 2. The molecule has 2 saturated heterocycles. The van der Waals surface area contributed by atoms with E-state index in [1.165, 1.54) is 6.42 Å². The summed E-state index contributed by atoms with van der Waals surface area (Å²) < 4.78 is 11.2. The van der Waals surface area contributed by atoms with Gasteiger partial charge in [0.05, 0.1) is 5.92 Å². The molecule has 2 fully saturated rings. The topological polar surface area (TPSA) is 59.1 Å². The highest BCUT2D eigenvalue weighted by atomic mass is 16.6. The predicted octanol–water partition coefficient (Wildman–Crippen LogP) is 2.85. The highest BCUT2D eigenvalue weighted by Crippen LogP contribution is 2.36. The van der Waals surface area contributed by atoms with Gasteiger partial charge in [0.1, 0.15) is 13.2 Å². The Kier molecular flexibility index (Phi) is 4.98. The fraction of sp³-hybridized carbons (Fsp3) is 0.619. The molecule has 1 aromatic rings. The maximum absolute atomic E-state index is 13.2. The third kappa shape index (κ3) is 3.49. The molecule has 0 spiro atoms. The number of anilines is 1. The van der Waals surface area contributed by atoms with Gasteiger partial charge in [-0.2, -0.15) is 0 Å². The summed E-state index contributed by atoms with van der Waals surface area (Å²) in [6.07, 6.45) is 3.59. The molecule has 6 nitrogen and oxygen atoms in total. The van der Waals surface area contributed by atoms with Crippen molar-refractivity contribution in [2.45, 2.75) is 45.6 Å². The van der Waals surface area contributed by atoms with Crippen LogP contribution in [0.4, 0.5) is 5.69 Å². The summed E-state index contributed by atoms with van der Waals surface area (Å²) in [7, 11) is 0. The van der Waals surface area contributed by atoms with Gasteiger partial charge in [-0.05, 0) is 37.3 Å².